The number of rotatable bonds is 2. The van der Waals surface area contributed by atoms with Crippen molar-refractivity contribution in [1.82, 2.24) is 0 Å². The topological polar surface area (TPSA) is 58.6 Å². The van der Waals surface area contributed by atoms with Crippen molar-refractivity contribution in [3.05, 3.63) is 18.2 Å². The zero-order chi connectivity index (χ0) is 13.3. The van der Waals surface area contributed by atoms with E-state index >= 15 is 0 Å². The molecule has 1 N–H and O–H groups in total. The molecule has 0 saturated carbocycles. The molecule has 2 amide bonds. The predicted molar refractivity (Wildman–Crippen MR) is 68.9 cm³/mol. The molecule has 0 fully saturated rings. The van der Waals surface area contributed by atoms with Crippen LogP contribution in [0.5, 0.6) is 5.75 Å². The van der Waals surface area contributed by atoms with Crippen molar-refractivity contribution >= 4 is 23.2 Å². The quantitative estimate of drug-likeness (QED) is 0.867. The summed E-state index contributed by atoms with van der Waals surface area (Å²) >= 11 is 0. The summed E-state index contributed by atoms with van der Waals surface area (Å²) in [6, 6.07) is 5.33. The fourth-order valence-corrected chi connectivity index (χ4v) is 2.02. The highest BCUT2D eigenvalue weighted by Gasteiger charge is 2.27. The van der Waals surface area contributed by atoms with Crippen LogP contribution in [0.3, 0.4) is 0 Å². The summed E-state index contributed by atoms with van der Waals surface area (Å²) in [5, 5.41) is 2.70. The van der Waals surface area contributed by atoms with Crippen molar-refractivity contribution in [2.24, 2.45) is 0 Å². The van der Waals surface area contributed by atoms with Gasteiger partial charge in [0.2, 0.25) is 5.91 Å². The highest BCUT2D eigenvalue weighted by Crippen LogP contribution is 2.35. The minimum atomic E-state index is -0.144. The summed E-state index contributed by atoms with van der Waals surface area (Å²) in [6.07, 6.45) is 0. The van der Waals surface area contributed by atoms with E-state index in [9.17, 15) is 9.59 Å². The first kappa shape index (κ1) is 12.4. The van der Waals surface area contributed by atoms with Crippen molar-refractivity contribution in [2.75, 3.05) is 16.8 Å². The molecule has 0 spiro atoms. The summed E-state index contributed by atoms with van der Waals surface area (Å²) in [4.78, 5) is 24.6. The number of benzene rings is 1. The van der Waals surface area contributed by atoms with Gasteiger partial charge in [0.25, 0.3) is 5.91 Å². The van der Waals surface area contributed by atoms with Crippen molar-refractivity contribution in [3.63, 3.8) is 0 Å². The smallest absolute Gasteiger partial charge is 0.265 e. The third kappa shape index (κ3) is 2.30. The lowest BCUT2D eigenvalue weighted by molar-refractivity contribution is -0.121. The molecule has 5 heteroatoms. The molecule has 0 aromatic heterocycles. The average Bonchev–Trinajstić information content (AvgIpc) is 2.27. The number of nitrogens with one attached hydrogen (secondary N) is 1. The van der Waals surface area contributed by atoms with E-state index in [1.165, 1.54) is 6.92 Å². The Bertz CT molecular complexity index is 497. The monoisotopic (exact) mass is 248 g/mol. The molecule has 0 unspecified atom stereocenters. The van der Waals surface area contributed by atoms with E-state index in [-0.39, 0.29) is 24.5 Å². The van der Waals surface area contributed by atoms with Crippen LogP contribution < -0.4 is 15.0 Å². The zero-order valence-electron chi connectivity index (χ0n) is 10.7. The van der Waals surface area contributed by atoms with Crippen LogP contribution in [0.4, 0.5) is 11.4 Å². The van der Waals surface area contributed by atoms with Gasteiger partial charge in [-0.3, -0.25) is 9.59 Å². The van der Waals surface area contributed by atoms with Crippen molar-refractivity contribution in [1.29, 1.82) is 0 Å². The Morgan fingerprint density at radius 1 is 1.44 bits per heavy atom. The van der Waals surface area contributed by atoms with Crippen LogP contribution in [-0.2, 0) is 9.59 Å². The Morgan fingerprint density at radius 2 is 2.17 bits per heavy atom. The Balaban J connectivity index is 2.41. The fraction of sp³-hybridized carbons (Fsp3) is 0.385. The molecule has 96 valence electrons. The van der Waals surface area contributed by atoms with Crippen LogP contribution in [0.1, 0.15) is 20.8 Å². The highest BCUT2D eigenvalue weighted by atomic mass is 16.5. The van der Waals surface area contributed by atoms with E-state index in [1.54, 1.807) is 23.1 Å². The minimum absolute atomic E-state index is 0.0488. The van der Waals surface area contributed by atoms with Crippen molar-refractivity contribution < 1.29 is 14.3 Å². The molecule has 2 rings (SSSR count). The van der Waals surface area contributed by atoms with E-state index in [4.69, 9.17) is 4.74 Å². The first-order chi connectivity index (χ1) is 8.49. The standard InChI is InChI=1S/C13H16N2O3/c1-8(2)15-11-6-10(14-9(3)16)4-5-12(11)18-7-13(15)17/h4-6,8H,7H2,1-3H3,(H,14,16). The van der Waals surface area contributed by atoms with Gasteiger partial charge < -0.3 is 15.0 Å². The number of nitrogens with zero attached hydrogens (tertiary/aromatic N) is 1. The summed E-state index contributed by atoms with van der Waals surface area (Å²) in [5.41, 5.74) is 1.36. The molecule has 0 radical (unpaired) electrons. The normalized spacial score (nSPS) is 14.2. The maximum atomic E-state index is 11.8. The SMILES string of the molecule is CC(=O)Nc1ccc2c(c1)N(C(C)C)C(=O)CO2. The van der Waals surface area contributed by atoms with Crippen molar-refractivity contribution in [2.45, 2.75) is 26.8 Å². The maximum absolute atomic E-state index is 11.8. The van der Waals surface area contributed by atoms with Gasteiger partial charge in [-0.15, -0.1) is 0 Å². The van der Waals surface area contributed by atoms with Crippen LogP contribution in [-0.4, -0.2) is 24.5 Å². The molecule has 0 bridgehead atoms. The van der Waals surface area contributed by atoms with E-state index in [0.717, 1.165) is 0 Å². The van der Waals surface area contributed by atoms with E-state index < -0.39 is 0 Å². The number of amides is 2. The van der Waals surface area contributed by atoms with Gasteiger partial charge in [0, 0.05) is 18.7 Å². The second-order valence-corrected chi connectivity index (χ2v) is 4.51. The van der Waals surface area contributed by atoms with E-state index in [2.05, 4.69) is 5.32 Å². The van der Waals surface area contributed by atoms with Gasteiger partial charge in [-0.05, 0) is 32.0 Å². The third-order valence-electron chi connectivity index (χ3n) is 2.68. The maximum Gasteiger partial charge on any atom is 0.265 e. The number of hydrogen-bond donors (Lipinski definition) is 1. The largest absolute Gasteiger partial charge is 0.482 e. The Hall–Kier alpha value is -2.04. The van der Waals surface area contributed by atoms with Gasteiger partial charge in [0.1, 0.15) is 5.75 Å². The predicted octanol–water partition coefficient (Wildman–Crippen LogP) is 1.78. The lowest BCUT2D eigenvalue weighted by Crippen LogP contribution is -2.43. The van der Waals surface area contributed by atoms with Gasteiger partial charge in [-0.25, -0.2) is 0 Å². The van der Waals surface area contributed by atoms with Gasteiger partial charge in [-0.1, -0.05) is 0 Å². The van der Waals surface area contributed by atoms with Crippen LogP contribution in [0.25, 0.3) is 0 Å². The first-order valence-corrected chi connectivity index (χ1v) is 5.85. The second-order valence-electron chi connectivity index (χ2n) is 4.51. The van der Waals surface area contributed by atoms with Gasteiger partial charge >= 0.3 is 0 Å². The molecule has 5 nitrogen and oxygen atoms in total. The Labute approximate surface area is 106 Å². The van der Waals surface area contributed by atoms with Crippen LogP contribution >= 0.6 is 0 Å². The molecule has 1 aromatic carbocycles. The third-order valence-corrected chi connectivity index (χ3v) is 2.68. The summed E-state index contributed by atoms with van der Waals surface area (Å²) in [5.74, 6) is 0.448. The molecule has 0 atom stereocenters. The molecule has 1 aliphatic heterocycles. The average molecular weight is 248 g/mol. The van der Waals surface area contributed by atoms with E-state index in [1.807, 2.05) is 13.8 Å². The van der Waals surface area contributed by atoms with Crippen molar-refractivity contribution in [3.8, 4) is 5.75 Å². The summed E-state index contributed by atoms with van der Waals surface area (Å²) in [6.45, 7) is 5.39. The van der Waals surface area contributed by atoms with E-state index in [0.29, 0.717) is 17.1 Å². The van der Waals surface area contributed by atoms with Gasteiger partial charge in [0.05, 0.1) is 5.69 Å². The molecule has 0 aliphatic carbocycles. The molecule has 1 aromatic rings. The molecule has 18 heavy (non-hydrogen) atoms. The lowest BCUT2D eigenvalue weighted by Gasteiger charge is -2.32. The number of anilines is 2. The lowest BCUT2D eigenvalue weighted by atomic mass is 10.1. The molecule has 1 aliphatic rings. The number of carbonyl (C=O) groups is 2. The molecule has 1 heterocycles. The van der Waals surface area contributed by atoms with Crippen LogP contribution in [0.15, 0.2) is 18.2 Å². The number of ether oxygens (including phenoxy) is 1. The second kappa shape index (κ2) is 4.68. The minimum Gasteiger partial charge on any atom is -0.482 e. The van der Waals surface area contributed by atoms with Crippen LogP contribution in [0.2, 0.25) is 0 Å². The molecular weight excluding hydrogens is 232 g/mol. The Morgan fingerprint density at radius 3 is 2.78 bits per heavy atom. The number of carbonyl (C=O) groups excluding carboxylic acids is 2. The first-order valence-electron chi connectivity index (χ1n) is 5.85. The zero-order valence-corrected chi connectivity index (χ0v) is 10.7. The van der Waals surface area contributed by atoms with Gasteiger partial charge in [-0.2, -0.15) is 0 Å². The fourth-order valence-electron chi connectivity index (χ4n) is 2.02. The molecular formula is C13H16N2O3. The summed E-state index contributed by atoms with van der Waals surface area (Å²) in [7, 11) is 0. The molecule has 0 saturated heterocycles. The van der Waals surface area contributed by atoms with Crippen LogP contribution in [0, 0.1) is 0 Å². The number of hydrogen-bond acceptors (Lipinski definition) is 3. The Kier molecular flexibility index (Phi) is 3.23. The number of fused-ring (bicyclic) bond motifs is 1. The van der Waals surface area contributed by atoms with Gasteiger partial charge in [0.15, 0.2) is 6.61 Å². The summed E-state index contributed by atoms with van der Waals surface area (Å²) < 4.78 is 5.37. The highest BCUT2D eigenvalue weighted by molar-refractivity contribution is 5.99.